The van der Waals surface area contributed by atoms with Gasteiger partial charge < -0.3 is 15.2 Å². The Morgan fingerprint density at radius 3 is 2.83 bits per heavy atom. The average Bonchev–Trinajstić information content (AvgIpc) is 3.21. The molecule has 4 rings (SSSR count). The van der Waals surface area contributed by atoms with Gasteiger partial charge in [-0.25, -0.2) is 0 Å². The van der Waals surface area contributed by atoms with Crippen LogP contribution in [-0.2, 0) is 11.3 Å². The Balaban J connectivity index is 1.75. The van der Waals surface area contributed by atoms with Gasteiger partial charge in [0.25, 0.3) is 0 Å². The number of aryl methyl sites for hydroxylation is 1. The Labute approximate surface area is 135 Å². The first-order chi connectivity index (χ1) is 11.3. The van der Waals surface area contributed by atoms with E-state index in [4.69, 9.17) is 0 Å². The maximum Gasteiger partial charge on any atom is 0.241 e. The van der Waals surface area contributed by atoms with Crippen molar-refractivity contribution in [3.63, 3.8) is 0 Å². The van der Waals surface area contributed by atoms with Gasteiger partial charge in [0, 0.05) is 34.0 Å². The van der Waals surface area contributed by atoms with E-state index in [0.29, 0.717) is 0 Å². The number of carbonyl (C=O) groups is 1. The minimum Gasteiger partial charge on any atom is -0.341 e. The lowest BCUT2D eigenvalue weighted by Gasteiger charge is -2.11. The zero-order chi connectivity index (χ0) is 15.8. The van der Waals surface area contributed by atoms with Gasteiger partial charge in [-0.3, -0.25) is 4.79 Å². The van der Waals surface area contributed by atoms with Gasteiger partial charge in [-0.1, -0.05) is 18.2 Å². The summed E-state index contributed by atoms with van der Waals surface area (Å²) in [5.41, 5.74) is 3.33. The summed E-state index contributed by atoms with van der Waals surface area (Å²) in [6.07, 6.45) is 1.99. The highest BCUT2D eigenvalue weighted by Crippen LogP contribution is 2.31. The van der Waals surface area contributed by atoms with E-state index < -0.39 is 0 Å². The number of nitrogens with zero attached hydrogens (tertiary/aromatic N) is 1. The van der Waals surface area contributed by atoms with Crippen LogP contribution in [0.1, 0.15) is 19.8 Å². The molecule has 0 radical (unpaired) electrons. The Hall–Kier alpha value is -2.33. The number of para-hydroxylation sites is 1. The van der Waals surface area contributed by atoms with E-state index in [1.165, 1.54) is 21.8 Å². The Bertz CT molecular complexity index is 875. The van der Waals surface area contributed by atoms with Gasteiger partial charge in [-0.2, -0.15) is 0 Å². The zero-order valence-corrected chi connectivity index (χ0v) is 13.3. The van der Waals surface area contributed by atoms with Crippen LogP contribution in [0.15, 0.2) is 42.5 Å². The third-order valence-electron chi connectivity index (χ3n) is 4.73. The van der Waals surface area contributed by atoms with Gasteiger partial charge in [0.2, 0.25) is 5.91 Å². The number of benzene rings is 2. The number of rotatable bonds is 3. The summed E-state index contributed by atoms with van der Waals surface area (Å²) in [5.74, 6) is 0.0704. The molecule has 2 heterocycles. The largest absolute Gasteiger partial charge is 0.341 e. The summed E-state index contributed by atoms with van der Waals surface area (Å²) >= 11 is 0. The van der Waals surface area contributed by atoms with Gasteiger partial charge in [0.1, 0.15) is 0 Å². The van der Waals surface area contributed by atoms with Crippen LogP contribution in [0.3, 0.4) is 0 Å². The van der Waals surface area contributed by atoms with Gasteiger partial charge in [0.05, 0.1) is 6.04 Å². The van der Waals surface area contributed by atoms with E-state index >= 15 is 0 Å². The zero-order valence-electron chi connectivity index (χ0n) is 13.3. The van der Waals surface area contributed by atoms with Crippen LogP contribution in [0.25, 0.3) is 21.8 Å². The first-order valence-corrected chi connectivity index (χ1v) is 8.33. The SMILES string of the molecule is CCn1c2ccccc2c2cc(NC(=O)[C@@H]3CCCN3)ccc21. The second-order valence-electron chi connectivity index (χ2n) is 6.13. The fourth-order valence-electron chi connectivity index (χ4n) is 3.61. The highest BCUT2D eigenvalue weighted by molar-refractivity contribution is 6.10. The number of aromatic nitrogens is 1. The predicted molar refractivity (Wildman–Crippen MR) is 94.8 cm³/mol. The summed E-state index contributed by atoms with van der Waals surface area (Å²) in [6.45, 7) is 4.02. The molecule has 0 bridgehead atoms. The fourth-order valence-corrected chi connectivity index (χ4v) is 3.61. The van der Waals surface area contributed by atoms with Gasteiger partial charge in [-0.15, -0.1) is 0 Å². The molecule has 4 nitrogen and oxygen atoms in total. The molecule has 0 aliphatic carbocycles. The van der Waals surface area contributed by atoms with Crippen molar-refractivity contribution in [1.82, 2.24) is 9.88 Å². The number of hydrogen-bond acceptors (Lipinski definition) is 2. The van der Waals surface area contributed by atoms with Crippen LogP contribution >= 0.6 is 0 Å². The van der Waals surface area contributed by atoms with Crippen molar-refractivity contribution in [3.05, 3.63) is 42.5 Å². The Kier molecular flexibility index (Phi) is 3.54. The molecule has 4 heteroatoms. The van der Waals surface area contributed by atoms with Crippen molar-refractivity contribution < 1.29 is 4.79 Å². The number of hydrogen-bond donors (Lipinski definition) is 2. The fraction of sp³-hybridized carbons (Fsp3) is 0.316. The molecule has 1 atom stereocenters. The number of carbonyl (C=O) groups excluding carboxylic acids is 1. The van der Waals surface area contributed by atoms with E-state index in [2.05, 4.69) is 58.5 Å². The highest BCUT2D eigenvalue weighted by Gasteiger charge is 2.22. The molecular weight excluding hydrogens is 286 g/mol. The van der Waals surface area contributed by atoms with E-state index in [9.17, 15) is 4.79 Å². The van der Waals surface area contributed by atoms with Crippen molar-refractivity contribution >= 4 is 33.4 Å². The molecule has 2 aromatic carbocycles. The lowest BCUT2D eigenvalue weighted by molar-refractivity contribution is -0.117. The summed E-state index contributed by atoms with van der Waals surface area (Å²) < 4.78 is 2.31. The molecule has 1 aliphatic heterocycles. The average molecular weight is 307 g/mol. The molecule has 1 amide bonds. The molecule has 1 aliphatic rings. The monoisotopic (exact) mass is 307 g/mol. The predicted octanol–water partition coefficient (Wildman–Crippen LogP) is 3.50. The van der Waals surface area contributed by atoms with E-state index in [1.807, 2.05) is 6.07 Å². The third kappa shape index (κ3) is 2.39. The number of nitrogens with one attached hydrogen (secondary N) is 2. The molecule has 23 heavy (non-hydrogen) atoms. The van der Waals surface area contributed by atoms with Crippen LogP contribution in [0.5, 0.6) is 0 Å². The smallest absolute Gasteiger partial charge is 0.241 e. The van der Waals surface area contributed by atoms with E-state index in [1.54, 1.807) is 0 Å². The van der Waals surface area contributed by atoms with Gasteiger partial charge in [-0.05, 0) is 50.6 Å². The quantitative estimate of drug-likeness (QED) is 0.778. The maximum absolute atomic E-state index is 12.3. The normalized spacial score (nSPS) is 17.9. The molecular formula is C19H21N3O. The van der Waals surface area contributed by atoms with Gasteiger partial charge >= 0.3 is 0 Å². The summed E-state index contributed by atoms with van der Waals surface area (Å²) in [6, 6.07) is 14.6. The molecule has 1 saturated heterocycles. The van der Waals surface area contributed by atoms with Crippen LogP contribution in [-0.4, -0.2) is 23.1 Å². The van der Waals surface area contributed by atoms with Crippen LogP contribution in [0.2, 0.25) is 0 Å². The number of fused-ring (bicyclic) bond motifs is 3. The second-order valence-corrected chi connectivity index (χ2v) is 6.13. The molecule has 118 valence electrons. The van der Waals surface area contributed by atoms with Crippen LogP contribution < -0.4 is 10.6 Å². The number of amides is 1. The standard InChI is InChI=1S/C19H21N3O/c1-2-22-17-8-4-3-6-14(17)15-12-13(9-10-18(15)22)21-19(23)16-7-5-11-20-16/h3-4,6,8-10,12,16,20H,2,5,7,11H2,1H3,(H,21,23)/t16-/m0/s1. The molecule has 1 fully saturated rings. The molecule has 2 N–H and O–H groups in total. The van der Waals surface area contributed by atoms with Crippen molar-refractivity contribution in [2.75, 3.05) is 11.9 Å². The minimum atomic E-state index is -0.0531. The number of anilines is 1. The minimum absolute atomic E-state index is 0.0531. The molecule has 0 spiro atoms. The topological polar surface area (TPSA) is 46.1 Å². The van der Waals surface area contributed by atoms with Crippen molar-refractivity contribution in [1.29, 1.82) is 0 Å². The van der Waals surface area contributed by atoms with Crippen molar-refractivity contribution in [2.24, 2.45) is 0 Å². The first-order valence-electron chi connectivity index (χ1n) is 8.33. The maximum atomic E-state index is 12.3. The lowest BCUT2D eigenvalue weighted by atomic mass is 10.1. The van der Waals surface area contributed by atoms with Crippen molar-refractivity contribution in [3.8, 4) is 0 Å². The molecule has 0 unspecified atom stereocenters. The summed E-state index contributed by atoms with van der Waals surface area (Å²) in [4.78, 5) is 12.3. The first kappa shape index (κ1) is 14.3. The summed E-state index contributed by atoms with van der Waals surface area (Å²) in [7, 11) is 0. The second kappa shape index (κ2) is 5.70. The third-order valence-corrected chi connectivity index (χ3v) is 4.73. The van der Waals surface area contributed by atoms with Gasteiger partial charge in [0.15, 0.2) is 0 Å². The Morgan fingerprint density at radius 1 is 1.22 bits per heavy atom. The van der Waals surface area contributed by atoms with E-state index in [-0.39, 0.29) is 11.9 Å². The van der Waals surface area contributed by atoms with E-state index in [0.717, 1.165) is 31.6 Å². The van der Waals surface area contributed by atoms with Crippen LogP contribution in [0.4, 0.5) is 5.69 Å². The summed E-state index contributed by atoms with van der Waals surface area (Å²) in [5, 5.41) is 8.73. The highest BCUT2D eigenvalue weighted by atomic mass is 16.2. The molecule has 3 aromatic rings. The molecule has 1 aromatic heterocycles. The van der Waals surface area contributed by atoms with Crippen LogP contribution in [0, 0.1) is 0 Å². The Morgan fingerprint density at radius 2 is 2.04 bits per heavy atom. The van der Waals surface area contributed by atoms with Crippen molar-refractivity contribution in [2.45, 2.75) is 32.4 Å². The lowest BCUT2D eigenvalue weighted by Crippen LogP contribution is -2.35. The molecule has 0 saturated carbocycles.